The number of aliphatic imine (C=N–C) groups is 2. The van der Waals surface area contributed by atoms with Crippen molar-refractivity contribution >= 4 is 28.0 Å². The molecule has 0 saturated carbocycles. The van der Waals surface area contributed by atoms with Crippen LogP contribution < -0.4 is 5.32 Å². The molecule has 3 unspecified atom stereocenters. The maximum absolute atomic E-state index is 5.25. The van der Waals surface area contributed by atoms with E-state index >= 15 is 0 Å². The number of benzene rings is 5. The first kappa shape index (κ1) is 28.0. The highest BCUT2D eigenvalue weighted by Gasteiger charge is 2.27. The number of nitrogens with one attached hydrogen (secondary N) is 1. The zero-order valence-corrected chi connectivity index (χ0v) is 25.6. The molecular weight excluding hydrogens is 558 g/mol. The maximum Gasteiger partial charge on any atom is 0.150 e. The van der Waals surface area contributed by atoms with Crippen molar-refractivity contribution < 1.29 is 0 Å². The Labute approximate surface area is 270 Å². The Kier molecular flexibility index (Phi) is 7.57. The van der Waals surface area contributed by atoms with Crippen LogP contribution in [0.25, 0.3) is 27.5 Å². The molecule has 0 amide bonds. The number of nitrogens with zero attached hydrogens (tertiary/aromatic N) is 2. The molecule has 0 radical (unpaired) electrons. The zero-order valence-electron chi connectivity index (χ0n) is 25.6. The summed E-state index contributed by atoms with van der Waals surface area (Å²) < 4.78 is 0. The minimum Gasteiger partial charge on any atom is -0.324 e. The fourth-order valence-electron chi connectivity index (χ4n) is 6.72. The summed E-state index contributed by atoms with van der Waals surface area (Å²) in [4.78, 5) is 10.4. The quantitative estimate of drug-likeness (QED) is 0.209. The molecule has 0 fully saturated rings. The molecule has 3 heteroatoms. The molecule has 1 aliphatic heterocycles. The number of allylic oxidation sites excluding steroid dienone is 5. The van der Waals surface area contributed by atoms with Crippen molar-refractivity contribution in [1.29, 1.82) is 0 Å². The van der Waals surface area contributed by atoms with Crippen LogP contribution in [0.2, 0.25) is 0 Å². The van der Waals surface area contributed by atoms with Gasteiger partial charge >= 0.3 is 0 Å². The lowest BCUT2D eigenvalue weighted by atomic mass is 9.86. The first-order chi connectivity index (χ1) is 22.8. The molecule has 0 bridgehead atoms. The predicted molar refractivity (Wildman–Crippen MR) is 193 cm³/mol. The van der Waals surface area contributed by atoms with E-state index in [1.165, 1.54) is 38.6 Å². The van der Waals surface area contributed by atoms with Crippen LogP contribution in [0.4, 0.5) is 0 Å². The first-order valence-electron chi connectivity index (χ1n) is 16.2. The molecule has 5 aromatic carbocycles. The Morgan fingerprint density at radius 1 is 0.587 bits per heavy atom. The lowest BCUT2D eigenvalue weighted by Crippen LogP contribution is -2.39. The second kappa shape index (κ2) is 12.5. The smallest absolute Gasteiger partial charge is 0.150 e. The molecule has 0 spiro atoms. The average Bonchev–Trinajstić information content (AvgIpc) is 3.15. The van der Waals surface area contributed by atoms with Gasteiger partial charge in [0.25, 0.3) is 0 Å². The van der Waals surface area contributed by atoms with Crippen molar-refractivity contribution in [3.63, 3.8) is 0 Å². The van der Waals surface area contributed by atoms with Gasteiger partial charge in [0.2, 0.25) is 0 Å². The topological polar surface area (TPSA) is 36.8 Å². The number of rotatable bonds is 6. The van der Waals surface area contributed by atoms with Crippen molar-refractivity contribution in [2.75, 3.05) is 0 Å². The van der Waals surface area contributed by atoms with E-state index in [4.69, 9.17) is 9.98 Å². The van der Waals surface area contributed by atoms with Crippen LogP contribution in [0, 0.1) is 5.92 Å². The molecule has 5 aromatic rings. The molecule has 1 heterocycles. The number of hydrogen-bond donors (Lipinski definition) is 1. The van der Waals surface area contributed by atoms with Gasteiger partial charge in [-0.2, -0.15) is 0 Å². The summed E-state index contributed by atoms with van der Waals surface area (Å²) in [6.45, 7) is 0. The highest BCUT2D eigenvalue weighted by atomic mass is 15.2. The van der Waals surface area contributed by atoms with Gasteiger partial charge in [-0.05, 0) is 57.5 Å². The highest BCUT2D eigenvalue weighted by molar-refractivity contribution is 6.16. The summed E-state index contributed by atoms with van der Waals surface area (Å²) in [5.74, 6) is 2.19. The van der Waals surface area contributed by atoms with Gasteiger partial charge in [-0.3, -0.25) is 0 Å². The van der Waals surface area contributed by atoms with Crippen LogP contribution in [0.3, 0.4) is 0 Å². The molecule has 0 saturated heterocycles. The minimum absolute atomic E-state index is 0.184. The Morgan fingerprint density at radius 3 is 2.04 bits per heavy atom. The van der Waals surface area contributed by atoms with E-state index in [1.54, 1.807) is 0 Å². The van der Waals surface area contributed by atoms with Gasteiger partial charge in [0.15, 0.2) is 6.17 Å². The summed E-state index contributed by atoms with van der Waals surface area (Å²) in [5.41, 5.74) is 8.51. The van der Waals surface area contributed by atoms with Gasteiger partial charge in [-0.25, -0.2) is 9.98 Å². The van der Waals surface area contributed by atoms with Crippen molar-refractivity contribution in [3.05, 3.63) is 186 Å². The summed E-state index contributed by atoms with van der Waals surface area (Å²) in [6.07, 6.45) is 15.4. The van der Waals surface area contributed by atoms with Gasteiger partial charge in [-0.1, -0.05) is 158 Å². The molecule has 3 aliphatic rings. The van der Waals surface area contributed by atoms with Crippen molar-refractivity contribution in [1.82, 2.24) is 5.32 Å². The highest BCUT2D eigenvalue weighted by Crippen LogP contribution is 2.35. The second-order valence-electron chi connectivity index (χ2n) is 12.2. The van der Waals surface area contributed by atoms with Gasteiger partial charge in [0.05, 0.1) is 0 Å². The molecule has 8 rings (SSSR count). The molecule has 222 valence electrons. The molecule has 46 heavy (non-hydrogen) atoms. The Hall–Kier alpha value is -5.54. The third kappa shape index (κ3) is 5.68. The second-order valence-corrected chi connectivity index (χ2v) is 12.2. The third-order valence-electron chi connectivity index (χ3n) is 9.19. The fourth-order valence-corrected chi connectivity index (χ4v) is 6.72. The summed E-state index contributed by atoms with van der Waals surface area (Å²) in [6, 6.07) is 45.2. The molecular formula is C43H35N3. The van der Waals surface area contributed by atoms with Crippen molar-refractivity contribution in [3.8, 4) is 11.1 Å². The van der Waals surface area contributed by atoms with Crippen LogP contribution in [0.5, 0.6) is 0 Å². The van der Waals surface area contributed by atoms with E-state index in [0.717, 1.165) is 35.6 Å². The van der Waals surface area contributed by atoms with Gasteiger partial charge < -0.3 is 5.32 Å². The molecule has 1 N–H and O–H groups in total. The standard InChI is InChI=1S/C43H35N3/c1-4-12-30(13-5-1)31-22-25-35(26-23-31)42-44-41(34-16-8-3-9-17-34)45-43(46-42)38-20-10-19-36(28-38)37-27-24-33-18-11-21-39(40(33)29-37)32-14-6-2-7-15-32/h1-18,20-25,27-29,35-36,42H,19,26H2,(H,44,45,46). The Morgan fingerprint density at radius 2 is 1.30 bits per heavy atom. The van der Waals surface area contributed by atoms with Gasteiger partial charge in [-0.15, -0.1) is 0 Å². The van der Waals surface area contributed by atoms with Crippen LogP contribution in [0.15, 0.2) is 179 Å². The number of fused-ring (bicyclic) bond motifs is 1. The van der Waals surface area contributed by atoms with E-state index in [-0.39, 0.29) is 18.0 Å². The van der Waals surface area contributed by atoms with Gasteiger partial charge in [0, 0.05) is 23.0 Å². The minimum atomic E-state index is -0.208. The maximum atomic E-state index is 5.25. The Bertz CT molecular complexity index is 2060. The summed E-state index contributed by atoms with van der Waals surface area (Å²) in [5, 5.41) is 6.16. The lowest BCUT2D eigenvalue weighted by Gasteiger charge is -2.28. The molecule has 0 aromatic heterocycles. The van der Waals surface area contributed by atoms with E-state index in [2.05, 4.69) is 163 Å². The summed E-state index contributed by atoms with van der Waals surface area (Å²) >= 11 is 0. The van der Waals surface area contributed by atoms with Crippen LogP contribution in [-0.4, -0.2) is 17.8 Å². The molecule has 3 nitrogen and oxygen atoms in total. The van der Waals surface area contributed by atoms with E-state index in [0.29, 0.717) is 0 Å². The van der Waals surface area contributed by atoms with E-state index in [1.807, 2.05) is 6.07 Å². The monoisotopic (exact) mass is 593 g/mol. The zero-order chi connectivity index (χ0) is 30.7. The average molecular weight is 594 g/mol. The normalized spacial score (nSPS) is 20.7. The molecule has 2 aliphatic carbocycles. The first-order valence-corrected chi connectivity index (χ1v) is 16.2. The number of amidine groups is 2. The number of hydrogen-bond acceptors (Lipinski definition) is 3. The van der Waals surface area contributed by atoms with Crippen LogP contribution in [0.1, 0.15) is 35.4 Å². The third-order valence-corrected chi connectivity index (χ3v) is 9.19. The van der Waals surface area contributed by atoms with E-state index in [9.17, 15) is 0 Å². The van der Waals surface area contributed by atoms with Crippen molar-refractivity contribution in [2.45, 2.75) is 24.9 Å². The van der Waals surface area contributed by atoms with E-state index < -0.39 is 0 Å². The van der Waals surface area contributed by atoms with Crippen LogP contribution in [-0.2, 0) is 0 Å². The lowest BCUT2D eigenvalue weighted by molar-refractivity contribution is 0.518. The SMILES string of the molecule is C1=CC(C2=NC(C3C=CC(c4ccccc4)=CC3)N=C(c3ccccc3)N2)=CC(c2ccc3cccc(-c4ccccc4)c3c2)C1. The van der Waals surface area contributed by atoms with Gasteiger partial charge in [0.1, 0.15) is 11.7 Å². The Balaban J connectivity index is 1.12. The largest absolute Gasteiger partial charge is 0.324 e. The van der Waals surface area contributed by atoms with Crippen LogP contribution >= 0.6 is 0 Å². The van der Waals surface area contributed by atoms with Crippen molar-refractivity contribution in [2.24, 2.45) is 15.9 Å². The summed E-state index contributed by atoms with van der Waals surface area (Å²) in [7, 11) is 0. The molecule has 3 atom stereocenters. The fraction of sp³-hybridized carbons (Fsp3) is 0.116. The predicted octanol–water partition coefficient (Wildman–Crippen LogP) is 9.91.